The van der Waals surface area contributed by atoms with Gasteiger partial charge in [-0.05, 0) is 58.1 Å². The Morgan fingerprint density at radius 1 is 1.04 bits per heavy atom. The third-order valence-corrected chi connectivity index (χ3v) is 5.99. The fraction of sp³-hybridized carbons (Fsp3) is 0.286. The van der Waals surface area contributed by atoms with Gasteiger partial charge in [-0.25, -0.2) is 4.98 Å². The molecule has 0 saturated carbocycles. The molecule has 0 saturated heterocycles. The molecule has 1 aromatic carbocycles. The van der Waals surface area contributed by atoms with Crippen molar-refractivity contribution in [3.8, 4) is 0 Å². The summed E-state index contributed by atoms with van der Waals surface area (Å²) >= 11 is 0. The molecule has 0 fully saturated rings. The number of furan rings is 1. The van der Waals surface area contributed by atoms with E-state index in [1.165, 1.54) is 11.4 Å². The molecule has 0 bridgehead atoms. The number of aryl methyl sites for hydroxylation is 1. The molecule has 3 aromatic rings. The standard InChI is InChI=1S/C21H23BN4O/c1-14-10-11-15-16-13-24(4)22(12-19(16)27-20(15)23-14)26-18-9-7-6-8-17(18)25(5)21(26,2)3/h6-13H,1-5H3. The van der Waals surface area contributed by atoms with Gasteiger partial charge in [-0.3, -0.25) is 0 Å². The van der Waals surface area contributed by atoms with Gasteiger partial charge in [-0.15, -0.1) is 0 Å². The van der Waals surface area contributed by atoms with Crippen LogP contribution in [0.5, 0.6) is 0 Å². The summed E-state index contributed by atoms with van der Waals surface area (Å²) < 4.78 is 6.13. The van der Waals surface area contributed by atoms with E-state index in [2.05, 4.69) is 90.0 Å². The molecule has 0 amide bonds. The first kappa shape index (κ1) is 16.3. The highest BCUT2D eigenvalue weighted by Crippen LogP contribution is 2.44. The molecule has 27 heavy (non-hydrogen) atoms. The number of nitrogens with zero attached hydrogens (tertiary/aromatic N) is 4. The van der Waals surface area contributed by atoms with Gasteiger partial charge in [0.2, 0.25) is 5.71 Å². The monoisotopic (exact) mass is 358 g/mol. The van der Waals surface area contributed by atoms with E-state index >= 15 is 0 Å². The Morgan fingerprint density at radius 2 is 1.78 bits per heavy atom. The number of rotatable bonds is 1. The summed E-state index contributed by atoms with van der Waals surface area (Å²) in [6.45, 7) is 6.56. The maximum atomic E-state index is 6.13. The third-order valence-electron chi connectivity index (χ3n) is 5.99. The molecule has 5 rings (SSSR count). The number of anilines is 2. The van der Waals surface area contributed by atoms with Crippen LogP contribution in [0.4, 0.5) is 11.4 Å². The van der Waals surface area contributed by atoms with Crippen molar-refractivity contribution in [1.82, 2.24) is 9.79 Å². The fourth-order valence-electron chi connectivity index (χ4n) is 4.32. The summed E-state index contributed by atoms with van der Waals surface area (Å²) in [6, 6.07) is 12.7. The SMILES string of the molecule is Cc1ccc2c3c(oc2n1)=CB(N1c2ccccc2N(C)C1(C)C)N(C)C=3. The Morgan fingerprint density at radius 3 is 2.56 bits per heavy atom. The molecule has 6 heteroatoms. The van der Waals surface area contributed by atoms with Crippen LogP contribution in [-0.4, -0.2) is 36.5 Å². The van der Waals surface area contributed by atoms with Crippen LogP contribution in [0, 0.1) is 6.92 Å². The zero-order valence-corrected chi connectivity index (χ0v) is 16.4. The van der Waals surface area contributed by atoms with Crippen molar-refractivity contribution in [2.45, 2.75) is 26.4 Å². The molecule has 2 aromatic heterocycles. The highest BCUT2D eigenvalue weighted by molar-refractivity contribution is 6.75. The Bertz CT molecular complexity index is 1180. The first-order valence-corrected chi connectivity index (χ1v) is 9.32. The number of fused-ring (bicyclic) bond motifs is 4. The van der Waals surface area contributed by atoms with Gasteiger partial charge in [-0.2, -0.15) is 0 Å². The van der Waals surface area contributed by atoms with Crippen molar-refractivity contribution >= 4 is 41.6 Å². The molecule has 2 aliphatic heterocycles. The Hall–Kier alpha value is -2.89. The molecule has 5 nitrogen and oxygen atoms in total. The molecule has 2 aliphatic rings. The van der Waals surface area contributed by atoms with E-state index in [4.69, 9.17) is 4.42 Å². The van der Waals surface area contributed by atoms with E-state index in [1.807, 2.05) is 13.0 Å². The predicted octanol–water partition coefficient (Wildman–Crippen LogP) is 2.32. The van der Waals surface area contributed by atoms with Crippen molar-refractivity contribution in [3.63, 3.8) is 0 Å². The van der Waals surface area contributed by atoms with Crippen LogP contribution in [0.1, 0.15) is 19.5 Å². The quantitative estimate of drug-likeness (QED) is 0.624. The van der Waals surface area contributed by atoms with Gasteiger partial charge in [0.05, 0.1) is 17.0 Å². The van der Waals surface area contributed by atoms with Crippen molar-refractivity contribution in [3.05, 3.63) is 52.7 Å². The van der Waals surface area contributed by atoms with Gasteiger partial charge >= 0.3 is 6.98 Å². The van der Waals surface area contributed by atoms with Gasteiger partial charge in [-0.1, -0.05) is 12.1 Å². The average molecular weight is 358 g/mol. The summed E-state index contributed by atoms with van der Waals surface area (Å²) in [6.07, 6.45) is 2.18. The van der Waals surface area contributed by atoms with Crippen LogP contribution in [0.15, 0.2) is 40.8 Å². The van der Waals surface area contributed by atoms with Crippen LogP contribution in [0.25, 0.3) is 23.3 Å². The van der Waals surface area contributed by atoms with Crippen LogP contribution in [0.2, 0.25) is 0 Å². The van der Waals surface area contributed by atoms with Crippen molar-refractivity contribution < 1.29 is 4.42 Å². The lowest BCUT2D eigenvalue weighted by Crippen LogP contribution is -2.62. The molecule has 0 spiro atoms. The maximum Gasteiger partial charge on any atom is 0.408 e. The summed E-state index contributed by atoms with van der Waals surface area (Å²) in [5, 5.41) is 2.17. The number of hydrogen-bond acceptors (Lipinski definition) is 5. The van der Waals surface area contributed by atoms with Crippen molar-refractivity contribution in [2.24, 2.45) is 0 Å². The van der Waals surface area contributed by atoms with Gasteiger partial charge in [0.15, 0.2) is 0 Å². The zero-order valence-electron chi connectivity index (χ0n) is 16.4. The highest BCUT2D eigenvalue weighted by atomic mass is 16.3. The molecule has 0 aliphatic carbocycles. The van der Waals surface area contributed by atoms with Gasteiger partial charge in [0.25, 0.3) is 0 Å². The number of aromatic nitrogens is 1. The van der Waals surface area contributed by atoms with E-state index in [1.54, 1.807) is 0 Å². The van der Waals surface area contributed by atoms with Crippen LogP contribution in [0.3, 0.4) is 0 Å². The van der Waals surface area contributed by atoms with Crippen LogP contribution < -0.4 is 20.3 Å². The lowest BCUT2D eigenvalue weighted by Gasteiger charge is -2.43. The predicted molar refractivity (Wildman–Crippen MR) is 112 cm³/mol. The van der Waals surface area contributed by atoms with Crippen molar-refractivity contribution in [1.29, 1.82) is 0 Å². The lowest BCUT2D eigenvalue weighted by molar-refractivity contribution is 0.522. The normalized spacial score (nSPS) is 17.7. The molecular weight excluding hydrogens is 335 g/mol. The Kier molecular flexibility index (Phi) is 3.21. The second kappa shape index (κ2) is 5.32. The summed E-state index contributed by atoms with van der Waals surface area (Å²) in [4.78, 5) is 11.6. The van der Waals surface area contributed by atoms with Gasteiger partial charge < -0.3 is 18.9 Å². The van der Waals surface area contributed by atoms with E-state index in [-0.39, 0.29) is 12.6 Å². The smallest absolute Gasteiger partial charge is 0.408 e. The lowest BCUT2D eigenvalue weighted by atomic mass is 9.68. The molecule has 0 N–H and O–H groups in total. The zero-order chi connectivity index (χ0) is 18.9. The summed E-state index contributed by atoms with van der Waals surface area (Å²) in [5.41, 5.74) is 4.89. The first-order chi connectivity index (χ1) is 12.9. The van der Waals surface area contributed by atoms with Gasteiger partial charge in [0, 0.05) is 29.5 Å². The third kappa shape index (κ3) is 2.16. The van der Waals surface area contributed by atoms with E-state index in [9.17, 15) is 0 Å². The molecule has 0 radical (unpaired) electrons. The molecule has 4 heterocycles. The number of para-hydroxylation sites is 2. The number of benzene rings is 1. The van der Waals surface area contributed by atoms with Crippen molar-refractivity contribution in [2.75, 3.05) is 23.8 Å². The number of hydrogen-bond donors (Lipinski definition) is 0. The largest absolute Gasteiger partial charge is 0.439 e. The second-order valence-electron chi connectivity index (χ2n) is 7.97. The van der Waals surface area contributed by atoms with Crippen LogP contribution >= 0.6 is 0 Å². The second-order valence-corrected chi connectivity index (χ2v) is 7.97. The Balaban J connectivity index is 1.71. The molecular formula is C21H23BN4O. The molecule has 0 unspecified atom stereocenters. The summed E-state index contributed by atoms with van der Waals surface area (Å²) in [7, 11) is 4.28. The minimum atomic E-state index is -0.161. The molecule has 136 valence electrons. The van der Waals surface area contributed by atoms with E-state index in [0.717, 1.165) is 21.7 Å². The molecule has 0 atom stereocenters. The Labute approximate surface area is 159 Å². The minimum absolute atomic E-state index is 0.0558. The first-order valence-electron chi connectivity index (χ1n) is 9.32. The maximum absolute atomic E-state index is 6.13. The van der Waals surface area contributed by atoms with Gasteiger partial charge in [0.1, 0.15) is 5.42 Å². The average Bonchev–Trinajstić information content (AvgIpc) is 3.07. The van der Waals surface area contributed by atoms with Crippen LogP contribution in [-0.2, 0) is 0 Å². The summed E-state index contributed by atoms with van der Waals surface area (Å²) in [5.74, 6) is 2.21. The number of pyridine rings is 1. The highest BCUT2D eigenvalue weighted by Gasteiger charge is 2.46. The van der Waals surface area contributed by atoms with E-state index in [0.29, 0.717) is 5.71 Å². The van der Waals surface area contributed by atoms with E-state index < -0.39 is 0 Å². The fourth-order valence-corrected chi connectivity index (χ4v) is 4.32. The topological polar surface area (TPSA) is 35.8 Å². The minimum Gasteiger partial charge on any atom is -0.439 e.